The van der Waals surface area contributed by atoms with Gasteiger partial charge in [0.25, 0.3) is 0 Å². The summed E-state index contributed by atoms with van der Waals surface area (Å²) >= 11 is 0. The van der Waals surface area contributed by atoms with Gasteiger partial charge >= 0.3 is 0 Å². The van der Waals surface area contributed by atoms with Crippen LogP contribution in [0.25, 0.3) is 0 Å². The van der Waals surface area contributed by atoms with Gasteiger partial charge in [0.15, 0.2) is 5.78 Å². The van der Waals surface area contributed by atoms with Crippen LogP contribution in [-0.4, -0.2) is 34.4 Å². The third-order valence-corrected chi connectivity index (χ3v) is 9.43. The van der Waals surface area contributed by atoms with Crippen molar-refractivity contribution in [1.82, 2.24) is 15.0 Å². The van der Waals surface area contributed by atoms with Crippen LogP contribution in [0.3, 0.4) is 0 Å². The first-order chi connectivity index (χ1) is 21.3. The van der Waals surface area contributed by atoms with Crippen LogP contribution >= 0.6 is 0 Å². The van der Waals surface area contributed by atoms with Gasteiger partial charge in [-0.25, -0.2) is 15.0 Å². The molecule has 0 N–H and O–H groups in total. The molecule has 0 saturated heterocycles. The highest BCUT2D eigenvalue weighted by Gasteiger charge is 2.50. The highest BCUT2D eigenvalue weighted by atomic mass is 16.5. The molecular weight excluding hydrogens is 546 g/mol. The Morgan fingerprint density at radius 2 is 1.66 bits per heavy atom. The largest absolute Gasteiger partial charge is 0.497 e. The number of anilines is 3. The van der Waals surface area contributed by atoms with Crippen LogP contribution in [0.5, 0.6) is 5.75 Å². The predicted molar refractivity (Wildman–Crippen MR) is 173 cm³/mol. The molecule has 3 aliphatic rings. The van der Waals surface area contributed by atoms with E-state index < -0.39 is 5.41 Å². The number of Topliss-reactive ketones (excluding diaryl/α,β-unsaturated/α-hetero) is 1. The number of allylic oxidation sites excluding steroid dienone is 2. The molecule has 7 rings (SSSR count). The van der Waals surface area contributed by atoms with Crippen LogP contribution in [0.15, 0.2) is 96.6 Å². The Balaban J connectivity index is 1.39. The summed E-state index contributed by atoms with van der Waals surface area (Å²) in [5.41, 5.74) is 5.41. The maximum absolute atomic E-state index is 14.4. The SMILES string of the molecule is COc1ccc(CN2C3=C(C(=O)CC(C)(C)C3)C(C)(c3cccc(N(CC4CC4)c4ncccn4)c3)c3cccnc32)cc1. The molecule has 7 heteroatoms. The molecule has 2 aromatic heterocycles. The highest BCUT2D eigenvalue weighted by molar-refractivity contribution is 6.03. The van der Waals surface area contributed by atoms with E-state index in [1.807, 2.05) is 30.5 Å². The zero-order chi connectivity index (χ0) is 30.5. The Morgan fingerprint density at radius 3 is 2.39 bits per heavy atom. The topological polar surface area (TPSA) is 71.5 Å². The standard InChI is InChI=1S/C37H39N5O2/c1-36(2)21-31-33(32(43)22-36)37(3,30-10-6-17-38-34(30)42(31)24-26-13-15-29(44-4)16-14-26)27-8-5-9-28(20-27)41(23-25-11-12-25)35-39-18-7-19-40-35/h5-10,13-20,25H,11-12,21-24H2,1-4H3. The van der Waals surface area contributed by atoms with E-state index in [9.17, 15) is 4.79 Å². The summed E-state index contributed by atoms with van der Waals surface area (Å²) in [6.07, 6.45) is 9.22. The van der Waals surface area contributed by atoms with E-state index in [4.69, 9.17) is 9.72 Å². The summed E-state index contributed by atoms with van der Waals surface area (Å²) < 4.78 is 5.41. The molecule has 44 heavy (non-hydrogen) atoms. The molecule has 1 fully saturated rings. The molecule has 4 aromatic rings. The number of aromatic nitrogens is 3. The van der Waals surface area contributed by atoms with Gasteiger partial charge in [-0.3, -0.25) is 4.79 Å². The van der Waals surface area contributed by atoms with Crippen LogP contribution in [-0.2, 0) is 16.8 Å². The van der Waals surface area contributed by atoms with Crippen molar-refractivity contribution in [3.05, 3.63) is 113 Å². The Labute approximate surface area is 259 Å². The Hall–Kier alpha value is -4.52. The van der Waals surface area contributed by atoms with Gasteiger partial charge in [0.2, 0.25) is 5.95 Å². The minimum absolute atomic E-state index is 0.158. The lowest BCUT2D eigenvalue weighted by Crippen LogP contribution is -2.46. The molecular formula is C37H39N5O2. The van der Waals surface area contributed by atoms with Gasteiger partial charge in [0.1, 0.15) is 11.6 Å². The van der Waals surface area contributed by atoms with Gasteiger partial charge < -0.3 is 14.5 Å². The Kier molecular flexibility index (Phi) is 6.99. The van der Waals surface area contributed by atoms with Gasteiger partial charge in [-0.1, -0.05) is 44.2 Å². The van der Waals surface area contributed by atoms with Gasteiger partial charge in [-0.05, 0) is 85.0 Å². The minimum atomic E-state index is -0.679. The number of pyridine rings is 1. The second kappa shape index (κ2) is 10.9. The number of hydrogen-bond acceptors (Lipinski definition) is 7. The quantitative estimate of drug-likeness (QED) is 0.213. The lowest BCUT2D eigenvalue weighted by molar-refractivity contribution is -0.118. The number of carbonyl (C=O) groups is 1. The fraction of sp³-hybridized carbons (Fsp3) is 0.351. The molecule has 1 aliphatic heterocycles. The lowest BCUT2D eigenvalue weighted by Gasteiger charge is -2.48. The molecule has 1 saturated carbocycles. The summed E-state index contributed by atoms with van der Waals surface area (Å²) in [4.78, 5) is 33.1. The van der Waals surface area contributed by atoms with E-state index in [0.29, 0.717) is 24.8 Å². The summed E-state index contributed by atoms with van der Waals surface area (Å²) in [7, 11) is 1.68. The lowest BCUT2D eigenvalue weighted by atomic mass is 9.61. The van der Waals surface area contributed by atoms with Crippen molar-refractivity contribution in [3.8, 4) is 5.75 Å². The Morgan fingerprint density at radius 1 is 0.909 bits per heavy atom. The number of methoxy groups -OCH3 is 1. The fourth-order valence-electron chi connectivity index (χ4n) is 7.01. The zero-order valence-corrected chi connectivity index (χ0v) is 26.0. The number of rotatable bonds is 8. The van der Waals surface area contributed by atoms with Crippen molar-refractivity contribution >= 4 is 23.2 Å². The number of carbonyl (C=O) groups excluding carboxylic acids is 1. The van der Waals surface area contributed by atoms with Gasteiger partial charge in [0.05, 0.1) is 12.5 Å². The number of hydrogen-bond donors (Lipinski definition) is 0. The first-order valence-electron chi connectivity index (χ1n) is 15.5. The van der Waals surface area contributed by atoms with Crippen LogP contribution in [0.2, 0.25) is 0 Å². The van der Waals surface area contributed by atoms with Crippen LogP contribution in [0, 0.1) is 11.3 Å². The third-order valence-electron chi connectivity index (χ3n) is 9.43. The number of benzene rings is 2. The Bertz CT molecular complexity index is 1730. The average molecular weight is 586 g/mol. The van der Waals surface area contributed by atoms with Gasteiger partial charge in [-0.15, -0.1) is 0 Å². The average Bonchev–Trinajstić information content (AvgIpc) is 3.86. The minimum Gasteiger partial charge on any atom is -0.497 e. The van der Waals surface area contributed by atoms with E-state index in [1.165, 1.54) is 12.8 Å². The normalized spacial score (nSPS) is 20.6. The molecule has 3 heterocycles. The number of ether oxygens (including phenoxy) is 1. The molecule has 0 radical (unpaired) electrons. The predicted octanol–water partition coefficient (Wildman–Crippen LogP) is 7.40. The molecule has 2 aromatic carbocycles. The molecule has 0 spiro atoms. The van der Waals surface area contributed by atoms with E-state index in [1.54, 1.807) is 19.5 Å². The van der Waals surface area contributed by atoms with E-state index in [0.717, 1.165) is 58.2 Å². The van der Waals surface area contributed by atoms with Crippen molar-refractivity contribution in [3.63, 3.8) is 0 Å². The molecule has 1 atom stereocenters. The zero-order valence-electron chi connectivity index (χ0n) is 26.0. The summed E-state index contributed by atoms with van der Waals surface area (Å²) in [6.45, 7) is 8.10. The highest BCUT2D eigenvalue weighted by Crippen LogP contribution is 2.55. The number of nitrogens with zero attached hydrogens (tertiary/aromatic N) is 5. The summed E-state index contributed by atoms with van der Waals surface area (Å²) in [6, 6.07) is 22.8. The molecule has 0 bridgehead atoms. The third kappa shape index (κ3) is 5.04. The maximum atomic E-state index is 14.4. The molecule has 0 amide bonds. The second-order valence-electron chi connectivity index (χ2n) is 13.3. The fourth-order valence-corrected chi connectivity index (χ4v) is 7.01. The smallest absolute Gasteiger partial charge is 0.229 e. The monoisotopic (exact) mass is 585 g/mol. The second-order valence-corrected chi connectivity index (χ2v) is 13.3. The summed E-state index contributed by atoms with van der Waals surface area (Å²) in [5.74, 6) is 3.28. The van der Waals surface area contributed by atoms with Gasteiger partial charge in [0, 0.05) is 60.6 Å². The van der Waals surface area contributed by atoms with Crippen molar-refractivity contribution in [2.24, 2.45) is 11.3 Å². The van der Waals surface area contributed by atoms with E-state index in [-0.39, 0.29) is 11.2 Å². The molecule has 224 valence electrons. The maximum Gasteiger partial charge on any atom is 0.229 e. The van der Waals surface area contributed by atoms with Crippen LogP contribution in [0.4, 0.5) is 17.5 Å². The van der Waals surface area contributed by atoms with E-state index >= 15 is 0 Å². The molecule has 1 unspecified atom stereocenters. The van der Waals surface area contributed by atoms with Crippen molar-refractivity contribution in [2.75, 3.05) is 23.5 Å². The number of ketones is 1. The first kappa shape index (κ1) is 28.3. The van der Waals surface area contributed by atoms with Crippen molar-refractivity contribution in [1.29, 1.82) is 0 Å². The number of fused-ring (bicyclic) bond motifs is 1. The summed E-state index contributed by atoms with van der Waals surface area (Å²) in [5, 5.41) is 0. The molecule has 7 nitrogen and oxygen atoms in total. The van der Waals surface area contributed by atoms with Gasteiger partial charge in [-0.2, -0.15) is 0 Å². The first-order valence-corrected chi connectivity index (χ1v) is 15.5. The van der Waals surface area contributed by atoms with E-state index in [2.05, 4.69) is 83.0 Å². The van der Waals surface area contributed by atoms with Crippen molar-refractivity contribution in [2.45, 2.75) is 58.4 Å². The van der Waals surface area contributed by atoms with Crippen LogP contribution in [0.1, 0.15) is 63.1 Å². The molecule has 2 aliphatic carbocycles. The van der Waals surface area contributed by atoms with Crippen molar-refractivity contribution < 1.29 is 9.53 Å². The van der Waals surface area contributed by atoms with Crippen LogP contribution < -0.4 is 14.5 Å².